The Bertz CT molecular complexity index is 1270. The van der Waals surface area contributed by atoms with Gasteiger partial charge in [0.2, 0.25) is 0 Å². The van der Waals surface area contributed by atoms with Crippen LogP contribution in [-0.2, 0) is 6.54 Å². The summed E-state index contributed by atoms with van der Waals surface area (Å²) in [5.74, 6) is -0.0350. The first-order chi connectivity index (χ1) is 14.1. The molecule has 0 unspecified atom stereocenters. The van der Waals surface area contributed by atoms with Crippen LogP contribution in [0.3, 0.4) is 0 Å². The largest absolute Gasteiger partial charge is 0.336 e. The number of aryl methyl sites for hydroxylation is 1. The Hall–Kier alpha value is -3.11. The Kier molecular flexibility index (Phi) is 4.36. The SMILES string of the molecule is Cc1nn2cccnc2c1C(=O)N1CCN(Cc2cc(=O)n3ccsc3n2)CC1. The zero-order chi connectivity index (χ0) is 20.0. The lowest BCUT2D eigenvalue weighted by Crippen LogP contribution is -2.48. The van der Waals surface area contributed by atoms with Gasteiger partial charge in [-0.3, -0.25) is 18.9 Å². The molecule has 1 saturated heterocycles. The minimum Gasteiger partial charge on any atom is -0.336 e. The van der Waals surface area contributed by atoms with Crippen LogP contribution in [0.2, 0.25) is 0 Å². The molecule has 4 aromatic heterocycles. The predicted molar refractivity (Wildman–Crippen MR) is 108 cm³/mol. The average Bonchev–Trinajstić information content (AvgIpc) is 3.32. The number of rotatable bonds is 3. The quantitative estimate of drug-likeness (QED) is 0.503. The standard InChI is InChI=1S/C19H19N7O2S/c1-13-16(17-20-3-2-4-26(17)22-13)18(28)24-7-5-23(6-8-24)12-14-11-15(27)25-9-10-29-19(25)21-14/h2-4,9-11H,5-8,12H2,1H3. The van der Waals surface area contributed by atoms with Crippen molar-refractivity contribution in [2.24, 2.45) is 0 Å². The molecule has 0 saturated carbocycles. The Labute approximate surface area is 169 Å². The highest BCUT2D eigenvalue weighted by atomic mass is 32.1. The summed E-state index contributed by atoms with van der Waals surface area (Å²) in [7, 11) is 0. The van der Waals surface area contributed by atoms with Crippen molar-refractivity contribution in [3.05, 3.63) is 63.4 Å². The molecular weight excluding hydrogens is 390 g/mol. The van der Waals surface area contributed by atoms with E-state index in [0.29, 0.717) is 41.5 Å². The van der Waals surface area contributed by atoms with Crippen LogP contribution >= 0.6 is 11.3 Å². The summed E-state index contributed by atoms with van der Waals surface area (Å²) < 4.78 is 3.20. The van der Waals surface area contributed by atoms with Crippen LogP contribution in [0, 0.1) is 6.92 Å². The lowest BCUT2D eigenvalue weighted by atomic mass is 10.2. The number of nitrogens with zero attached hydrogens (tertiary/aromatic N) is 7. The summed E-state index contributed by atoms with van der Waals surface area (Å²) >= 11 is 1.45. The molecular formula is C19H19N7O2S. The van der Waals surface area contributed by atoms with Gasteiger partial charge < -0.3 is 4.90 Å². The van der Waals surface area contributed by atoms with Gasteiger partial charge >= 0.3 is 0 Å². The minimum atomic E-state index is -0.0591. The van der Waals surface area contributed by atoms with E-state index < -0.39 is 0 Å². The van der Waals surface area contributed by atoms with Gasteiger partial charge in [0, 0.05) is 62.8 Å². The van der Waals surface area contributed by atoms with Gasteiger partial charge in [-0.15, -0.1) is 11.3 Å². The summed E-state index contributed by atoms with van der Waals surface area (Å²) in [5, 5.41) is 6.24. The zero-order valence-corrected chi connectivity index (χ0v) is 16.7. The van der Waals surface area contributed by atoms with Crippen molar-refractivity contribution >= 4 is 27.9 Å². The first-order valence-corrected chi connectivity index (χ1v) is 10.3. The van der Waals surface area contributed by atoms with Crippen molar-refractivity contribution in [3.8, 4) is 0 Å². The average molecular weight is 409 g/mol. The van der Waals surface area contributed by atoms with E-state index >= 15 is 0 Å². The van der Waals surface area contributed by atoms with Gasteiger partial charge in [-0.25, -0.2) is 14.5 Å². The Balaban J connectivity index is 1.29. The highest BCUT2D eigenvalue weighted by Gasteiger charge is 2.27. The van der Waals surface area contributed by atoms with Crippen molar-refractivity contribution in [1.82, 2.24) is 33.8 Å². The molecule has 4 aromatic rings. The Morgan fingerprint density at radius 3 is 2.86 bits per heavy atom. The van der Waals surface area contributed by atoms with E-state index in [-0.39, 0.29) is 11.5 Å². The van der Waals surface area contributed by atoms with Gasteiger partial charge in [0.05, 0.1) is 11.4 Å². The molecule has 0 aromatic carbocycles. The van der Waals surface area contributed by atoms with Crippen molar-refractivity contribution < 1.29 is 4.79 Å². The lowest BCUT2D eigenvalue weighted by Gasteiger charge is -2.34. The summed E-state index contributed by atoms with van der Waals surface area (Å²) in [6, 6.07) is 3.38. The number of hydrogen-bond donors (Lipinski definition) is 0. The second-order valence-electron chi connectivity index (χ2n) is 7.06. The van der Waals surface area contributed by atoms with E-state index in [2.05, 4.69) is 20.0 Å². The highest BCUT2D eigenvalue weighted by molar-refractivity contribution is 7.15. The fourth-order valence-corrected chi connectivity index (χ4v) is 4.45. The molecule has 10 heteroatoms. The number of hydrogen-bond acceptors (Lipinski definition) is 7. The molecule has 5 heterocycles. The summed E-state index contributed by atoms with van der Waals surface area (Å²) in [6.45, 7) is 5.11. The molecule has 29 heavy (non-hydrogen) atoms. The summed E-state index contributed by atoms with van der Waals surface area (Å²) in [6.07, 6.45) is 5.20. The third-order valence-corrected chi connectivity index (χ3v) is 5.94. The van der Waals surface area contributed by atoms with Crippen LogP contribution in [-0.4, -0.2) is 65.9 Å². The van der Waals surface area contributed by atoms with Crippen molar-refractivity contribution in [3.63, 3.8) is 0 Å². The summed E-state index contributed by atoms with van der Waals surface area (Å²) in [5.41, 5.74) is 2.55. The molecule has 1 fully saturated rings. The van der Waals surface area contributed by atoms with Crippen molar-refractivity contribution in [2.45, 2.75) is 13.5 Å². The molecule has 0 radical (unpaired) electrons. The molecule has 5 rings (SSSR count). The number of piperazine rings is 1. The lowest BCUT2D eigenvalue weighted by molar-refractivity contribution is 0.0628. The molecule has 0 aliphatic carbocycles. The Morgan fingerprint density at radius 1 is 1.21 bits per heavy atom. The number of aromatic nitrogens is 5. The van der Waals surface area contributed by atoms with E-state index in [1.165, 1.54) is 11.3 Å². The molecule has 0 bridgehead atoms. The molecule has 0 atom stereocenters. The molecule has 9 nitrogen and oxygen atoms in total. The number of amides is 1. The number of carbonyl (C=O) groups is 1. The maximum atomic E-state index is 13.1. The Morgan fingerprint density at radius 2 is 2.03 bits per heavy atom. The van der Waals surface area contributed by atoms with Gasteiger partial charge in [0.15, 0.2) is 10.6 Å². The fraction of sp³-hybridized carbons (Fsp3) is 0.316. The second-order valence-corrected chi connectivity index (χ2v) is 7.93. The van der Waals surface area contributed by atoms with Crippen LogP contribution in [0.25, 0.3) is 10.6 Å². The first-order valence-electron chi connectivity index (χ1n) is 9.37. The number of carbonyl (C=O) groups excluding carboxylic acids is 1. The van der Waals surface area contributed by atoms with Crippen LogP contribution in [0.5, 0.6) is 0 Å². The fourth-order valence-electron chi connectivity index (χ4n) is 3.71. The second kappa shape index (κ2) is 7.05. The normalized spacial score (nSPS) is 15.4. The molecule has 1 aliphatic rings. The van der Waals surface area contributed by atoms with Crippen LogP contribution in [0.4, 0.5) is 0 Å². The van der Waals surface area contributed by atoms with E-state index in [1.807, 2.05) is 17.2 Å². The maximum Gasteiger partial charge on any atom is 0.259 e. The van der Waals surface area contributed by atoms with Crippen LogP contribution in [0.1, 0.15) is 21.7 Å². The molecule has 0 spiro atoms. The highest BCUT2D eigenvalue weighted by Crippen LogP contribution is 2.17. The van der Waals surface area contributed by atoms with E-state index in [9.17, 15) is 9.59 Å². The monoisotopic (exact) mass is 409 g/mol. The summed E-state index contributed by atoms with van der Waals surface area (Å²) in [4.78, 5) is 38.9. The third-order valence-electron chi connectivity index (χ3n) is 5.19. The number of thiazole rings is 1. The van der Waals surface area contributed by atoms with Crippen LogP contribution < -0.4 is 5.56 Å². The third kappa shape index (κ3) is 3.19. The molecule has 148 valence electrons. The molecule has 1 aliphatic heterocycles. The van der Waals surface area contributed by atoms with E-state index in [4.69, 9.17) is 0 Å². The van der Waals surface area contributed by atoms with Crippen molar-refractivity contribution in [1.29, 1.82) is 0 Å². The minimum absolute atomic E-state index is 0.0350. The van der Waals surface area contributed by atoms with Gasteiger partial charge in [-0.05, 0) is 13.0 Å². The molecule has 0 N–H and O–H groups in total. The van der Waals surface area contributed by atoms with Gasteiger partial charge in [-0.2, -0.15) is 5.10 Å². The van der Waals surface area contributed by atoms with E-state index in [0.717, 1.165) is 18.8 Å². The maximum absolute atomic E-state index is 13.1. The van der Waals surface area contributed by atoms with E-state index in [1.54, 1.807) is 39.6 Å². The molecule has 1 amide bonds. The number of fused-ring (bicyclic) bond motifs is 2. The first kappa shape index (κ1) is 18.0. The predicted octanol–water partition coefficient (Wildman–Crippen LogP) is 1.07. The van der Waals surface area contributed by atoms with Gasteiger partial charge in [-0.1, -0.05) is 0 Å². The topological polar surface area (TPSA) is 88.1 Å². The van der Waals surface area contributed by atoms with Crippen LogP contribution in [0.15, 0.2) is 40.9 Å². The smallest absolute Gasteiger partial charge is 0.259 e. The van der Waals surface area contributed by atoms with Crippen molar-refractivity contribution in [2.75, 3.05) is 26.2 Å². The van der Waals surface area contributed by atoms with Gasteiger partial charge in [0.1, 0.15) is 5.56 Å². The zero-order valence-electron chi connectivity index (χ0n) is 15.9. The van der Waals surface area contributed by atoms with Gasteiger partial charge in [0.25, 0.3) is 11.5 Å².